The van der Waals surface area contributed by atoms with E-state index >= 15 is 0 Å². The highest BCUT2D eigenvalue weighted by atomic mass is 16.5. The number of morpholine rings is 1. The maximum Gasteiger partial charge on any atom is 0.0619 e. The Labute approximate surface area is 92.4 Å². The maximum atomic E-state index is 9.43. The van der Waals surface area contributed by atoms with Crippen LogP contribution in [0.1, 0.15) is 26.7 Å². The van der Waals surface area contributed by atoms with E-state index in [4.69, 9.17) is 10.5 Å². The van der Waals surface area contributed by atoms with Crippen LogP contribution in [0.5, 0.6) is 0 Å². The summed E-state index contributed by atoms with van der Waals surface area (Å²) in [5.41, 5.74) is 6.09. The monoisotopic (exact) mass is 216 g/mol. The molecule has 1 heterocycles. The van der Waals surface area contributed by atoms with Crippen LogP contribution in [-0.2, 0) is 4.74 Å². The van der Waals surface area contributed by atoms with Crippen molar-refractivity contribution in [3.8, 4) is 0 Å². The first-order chi connectivity index (χ1) is 7.20. The van der Waals surface area contributed by atoms with Crippen LogP contribution in [0, 0.1) is 0 Å². The third kappa shape index (κ3) is 3.41. The van der Waals surface area contributed by atoms with Gasteiger partial charge in [-0.05, 0) is 13.3 Å². The molecule has 1 fully saturated rings. The van der Waals surface area contributed by atoms with Gasteiger partial charge in [-0.3, -0.25) is 4.90 Å². The molecule has 1 rings (SSSR count). The van der Waals surface area contributed by atoms with E-state index in [-0.39, 0.29) is 18.7 Å². The molecule has 3 atom stereocenters. The number of aliphatic hydroxyl groups excluding tert-OH is 1. The molecule has 0 aromatic heterocycles. The highest BCUT2D eigenvalue weighted by Crippen LogP contribution is 2.14. The fourth-order valence-electron chi connectivity index (χ4n) is 2.24. The second-order valence-corrected chi connectivity index (χ2v) is 4.36. The second kappa shape index (κ2) is 6.43. The lowest BCUT2D eigenvalue weighted by Gasteiger charge is -2.41. The topological polar surface area (TPSA) is 58.7 Å². The van der Waals surface area contributed by atoms with Gasteiger partial charge in [-0.1, -0.05) is 13.3 Å². The van der Waals surface area contributed by atoms with Crippen molar-refractivity contribution in [3.63, 3.8) is 0 Å². The fourth-order valence-corrected chi connectivity index (χ4v) is 2.24. The van der Waals surface area contributed by atoms with Crippen LogP contribution < -0.4 is 5.73 Å². The van der Waals surface area contributed by atoms with Crippen molar-refractivity contribution in [2.75, 3.05) is 26.4 Å². The molecule has 0 saturated carbocycles. The molecule has 0 aromatic carbocycles. The quantitative estimate of drug-likeness (QED) is 0.689. The third-order valence-corrected chi connectivity index (χ3v) is 3.15. The van der Waals surface area contributed by atoms with Crippen molar-refractivity contribution < 1.29 is 9.84 Å². The summed E-state index contributed by atoms with van der Waals surface area (Å²) >= 11 is 0. The zero-order valence-electron chi connectivity index (χ0n) is 9.85. The standard InChI is InChI=1S/C11H24N2O2/c1-3-4-10(12)11(7-14)13-5-6-15-8-9(13)2/h9-11,14H,3-8,12H2,1-2H3. The summed E-state index contributed by atoms with van der Waals surface area (Å²) in [5.74, 6) is 0. The molecule has 0 spiro atoms. The Balaban J connectivity index is 2.54. The first-order valence-electron chi connectivity index (χ1n) is 5.90. The Morgan fingerprint density at radius 1 is 1.60 bits per heavy atom. The van der Waals surface area contributed by atoms with Gasteiger partial charge < -0.3 is 15.6 Å². The molecule has 4 nitrogen and oxygen atoms in total. The van der Waals surface area contributed by atoms with Crippen molar-refractivity contribution in [2.24, 2.45) is 5.73 Å². The van der Waals surface area contributed by atoms with E-state index in [1.54, 1.807) is 0 Å². The van der Waals surface area contributed by atoms with Gasteiger partial charge in [-0.15, -0.1) is 0 Å². The van der Waals surface area contributed by atoms with Crippen LogP contribution in [-0.4, -0.2) is 54.5 Å². The smallest absolute Gasteiger partial charge is 0.0619 e. The lowest BCUT2D eigenvalue weighted by atomic mass is 10.0. The summed E-state index contributed by atoms with van der Waals surface area (Å²) in [5, 5.41) is 9.43. The zero-order valence-corrected chi connectivity index (χ0v) is 9.85. The predicted molar refractivity (Wildman–Crippen MR) is 60.7 cm³/mol. The number of hydrogen-bond donors (Lipinski definition) is 2. The van der Waals surface area contributed by atoms with E-state index in [1.807, 2.05) is 0 Å². The molecular formula is C11H24N2O2. The Morgan fingerprint density at radius 3 is 2.87 bits per heavy atom. The lowest BCUT2D eigenvalue weighted by molar-refractivity contribution is -0.0395. The van der Waals surface area contributed by atoms with Gasteiger partial charge in [0.1, 0.15) is 0 Å². The second-order valence-electron chi connectivity index (χ2n) is 4.36. The highest BCUT2D eigenvalue weighted by molar-refractivity contribution is 4.86. The van der Waals surface area contributed by atoms with Crippen LogP contribution in [0.2, 0.25) is 0 Å². The molecule has 0 aliphatic carbocycles. The normalized spacial score (nSPS) is 27.6. The number of aliphatic hydroxyl groups is 1. The minimum absolute atomic E-state index is 0.0700. The Kier molecular flexibility index (Phi) is 5.53. The van der Waals surface area contributed by atoms with Gasteiger partial charge in [0.25, 0.3) is 0 Å². The highest BCUT2D eigenvalue weighted by Gasteiger charge is 2.29. The van der Waals surface area contributed by atoms with Gasteiger partial charge in [0, 0.05) is 24.7 Å². The molecule has 90 valence electrons. The number of nitrogens with two attached hydrogens (primary N) is 1. The van der Waals surface area contributed by atoms with Gasteiger partial charge in [0.15, 0.2) is 0 Å². The molecule has 0 amide bonds. The van der Waals surface area contributed by atoms with Gasteiger partial charge in [0.2, 0.25) is 0 Å². The molecule has 0 bridgehead atoms. The summed E-state index contributed by atoms with van der Waals surface area (Å²) in [6.07, 6.45) is 2.03. The van der Waals surface area contributed by atoms with E-state index in [9.17, 15) is 5.11 Å². The van der Waals surface area contributed by atoms with E-state index in [2.05, 4.69) is 18.7 Å². The van der Waals surface area contributed by atoms with Crippen molar-refractivity contribution in [1.82, 2.24) is 4.90 Å². The average Bonchev–Trinajstić information content (AvgIpc) is 2.22. The molecule has 1 saturated heterocycles. The largest absolute Gasteiger partial charge is 0.395 e. The SMILES string of the molecule is CCCC(N)C(CO)N1CCOCC1C. The summed E-state index contributed by atoms with van der Waals surface area (Å²) in [6, 6.07) is 0.517. The van der Waals surface area contributed by atoms with Crippen molar-refractivity contribution in [3.05, 3.63) is 0 Å². The molecule has 0 aromatic rings. The Hall–Kier alpha value is -0.160. The minimum atomic E-state index is 0.0700. The van der Waals surface area contributed by atoms with Crippen molar-refractivity contribution >= 4 is 0 Å². The van der Waals surface area contributed by atoms with Crippen molar-refractivity contribution in [1.29, 1.82) is 0 Å². The molecule has 3 N–H and O–H groups in total. The molecule has 0 radical (unpaired) electrons. The van der Waals surface area contributed by atoms with Crippen LogP contribution in [0.4, 0.5) is 0 Å². The number of nitrogens with zero attached hydrogens (tertiary/aromatic N) is 1. The predicted octanol–water partition coefficient (Wildman–Crippen LogP) is 0.195. The Bertz CT molecular complexity index is 178. The first kappa shape index (κ1) is 12.9. The fraction of sp³-hybridized carbons (Fsp3) is 1.00. The molecule has 1 aliphatic rings. The maximum absolute atomic E-state index is 9.43. The molecule has 3 unspecified atom stereocenters. The van der Waals surface area contributed by atoms with Gasteiger partial charge in [0.05, 0.1) is 19.8 Å². The van der Waals surface area contributed by atoms with Crippen LogP contribution in [0.25, 0.3) is 0 Å². The first-order valence-corrected chi connectivity index (χ1v) is 5.90. The molecule has 1 aliphatic heterocycles. The molecule has 15 heavy (non-hydrogen) atoms. The van der Waals surface area contributed by atoms with E-state index < -0.39 is 0 Å². The van der Waals surface area contributed by atoms with E-state index in [0.717, 1.165) is 32.6 Å². The Morgan fingerprint density at radius 2 is 2.33 bits per heavy atom. The number of rotatable bonds is 5. The van der Waals surface area contributed by atoms with Crippen molar-refractivity contribution in [2.45, 2.75) is 44.8 Å². The summed E-state index contributed by atoms with van der Waals surface area (Å²) in [4.78, 5) is 2.28. The number of ether oxygens (including phenoxy) is 1. The van der Waals surface area contributed by atoms with E-state index in [1.165, 1.54) is 0 Å². The van der Waals surface area contributed by atoms with Crippen LogP contribution >= 0.6 is 0 Å². The third-order valence-electron chi connectivity index (χ3n) is 3.15. The summed E-state index contributed by atoms with van der Waals surface area (Å²) < 4.78 is 5.38. The summed E-state index contributed by atoms with van der Waals surface area (Å²) in [7, 11) is 0. The minimum Gasteiger partial charge on any atom is -0.395 e. The van der Waals surface area contributed by atoms with Crippen LogP contribution in [0.3, 0.4) is 0 Å². The zero-order chi connectivity index (χ0) is 11.3. The van der Waals surface area contributed by atoms with Gasteiger partial charge >= 0.3 is 0 Å². The van der Waals surface area contributed by atoms with Gasteiger partial charge in [-0.2, -0.15) is 0 Å². The van der Waals surface area contributed by atoms with Gasteiger partial charge in [-0.25, -0.2) is 0 Å². The summed E-state index contributed by atoms with van der Waals surface area (Å²) in [6.45, 7) is 6.77. The average molecular weight is 216 g/mol. The van der Waals surface area contributed by atoms with Crippen LogP contribution in [0.15, 0.2) is 0 Å². The van der Waals surface area contributed by atoms with E-state index in [0.29, 0.717) is 6.04 Å². The number of hydrogen-bond acceptors (Lipinski definition) is 4. The molecular weight excluding hydrogens is 192 g/mol. The lowest BCUT2D eigenvalue weighted by Crippen LogP contribution is -2.57. The molecule has 4 heteroatoms.